The highest BCUT2D eigenvalue weighted by Gasteiger charge is 2.42. The van der Waals surface area contributed by atoms with Gasteiger partial charge < -0.3 is 13.7 Å². The molecule has 13 aromatic rings. The molecule has 0 atom stereocenters. The van der Waals surface area contributed by atoms with Crippen molar-refractivity contribution in [3.8, 4) is 66.8 Å². The smallest absolute Gasteiger partial charge is 0.143 e. The molecule has 0 saturated heterocycles. The third-order valence-corrected chi connectivity index (χ3v) is 16.9. The fraction of sp³-hybridized carbons (Fsp3) is 0.0959. The van der Waals surface area contributed by atoms with Crippen LogP contribution in [-0.2, 0) is 10.8 Å². The van der Waals surface area contributed by atoms with Crippen LogP contribution < -0.4 is 4.90 Å². The molecule has 0 radical (unpaired) electrons. The van der Waals surface area contributed by atoms with E-state index in [9.17, 15) is 0 Å². The van der Waals surface area contributed by atoms with Crippen LogP contribution in [0.15, 0.2) is 239 Å². The van der Waals surface area contributed by atoms with Crippen molar-refractivity contribution in [1.29, 1.82) is 0 Å². The van der Waals surface area contributed by atoms with Crippen LogP contribution in [0.4, 0.5) is 17.1 Å². The molecule has 0 amide bonds. The van der Waals surface area contributed by atoms with Gasteiger partial charge in [-0.1, -0.05) is 203 Å². The molecule has 11 aromatic carbocycles. The lowest BCUT2D eigenvalue weighted by atomic mass is 9.80. The zero-order valence-electron chi connectivity index (χ0n) is 43.2. The quantitative estimate of drug-likeness (QED) is 0.159. The topological polar surface area (TPSA) is 29.5 Å². The highest BCUT2D eigenvalue weighted by Crippen LogP contribution is 2.59. The average Bonchev–Trinajstić information content (AvgIpc) is 4.30. The van der Waals surface area contributed by atoms with Crippen molar-refractivity contribution >= 4 is 60.9 Å². The number of hydrogen-bond donors (Lipinski definition) is 0. The molecular weight excluding hydrogens is 923 g/mol. The van der Waals surface area contributed by atoms with Gasteiger partial charge in [-0.3, -0.25) is 0 Å². The molecule has 0 bridgehead atoms. The van der Waals surface area contributed by atoms with Gasteiger partial charge in [-0.25, -0.2) is 0 Å². The summed E-state index contributed by atoms with van der Waals surface area (Å²) in [6.07, 6.45) is 0. The molecule has 0 spiro atoms. The molecule has 76 heavy (non-hydrogen) atoms. The zero-order chi connectivity index (χ0) is 51.0. The Balaban J connectivity index is 0.912. The Morgan fingerprint density at radius 1 is 0.316 bits per heavy atom. The van der Waals surface area contributed by atoms with E-state index < -0.39 is 0 Å². The zero-order valence-corrected chi connectivity index (χ0v) is 43.2. The van der Waals surface area contributed by atoms with E-state index in [4.69, 9.17) is 8.83 Å². The Morgan fingerprint density at radius 3 is 1.14 bits per heavy atom. The molecule has 0 aliphatic heterocycles. The predicted octanol–water partition coefficient (Wildman–Crippen LogP) is 20.5. The summed E-state index contributed by atoms with van der Waals surface area (Å²) in [6, 6.07) is 84.3. The summed E-state index contributed by atoms with van der Waals surface area (Å²) in [4.78, 5) is 2.47. The second kappa shape index (κ2) is 16.4. The monoisotopic (exact) mass is 975 g/mol. The van der Waals surface area contributed by atoms with Crippen LogP contribution in [0.2, 0.25) is 0 Å². The molecule has 0 N–H and O–H groups in total. The van der Waals surface area contributed by atoms with Crippen molar-refractivity contribution in [3.63, 3.8) is 0 Å². The number of anilines is 3. The third-order valence-electron chi connectivity index (χ3n) is 16.9. The number of fused-ring (bicyclic) bond motifs is 14. The number of furan rings is 2. The highest BCUT2D eigenvalue weighted by molar-refractivity contribution is 6.21. The van der Waals surface area contributed by atoms with Crippen molar-refractivity contribution in [1.82, 2.24) is 0 Å². The number of nitrogens with zero attached hydrogens (tertiary/aromatic N) is 1. The van der Waals surface area contributed by atoms with Gasteiger partial charge in [-0.2, -0.15) is 0 Å². The standard InChI is InChI=1S/C73H53NO2/c1-44-32-34-47(35-33-44)74(48-36-38-54-60(40-48)72(2,3)62-42-58(52-26-14-12-24-50(52)45-20-8-6-9-21-45)70-68(66(54)62)56-28-16-18-30-64(56)75-70)49-37-39-55-61(41-49)73(4,5)63-43-59(53-27-15-13-25-51(53)46-22-10-7-11-23-46)71-69(67(55)63)57-29-17-19-31-65(57)76-71/h6-43H,1-5H3. The minimum absolute atomic E-state index is 0.347. The van der Waals surface area contributed by atoms with E-state index in [1.165, 1.54) is 83.1 Å². The molecule has 0 fully saturated rings. The summed E-state index contributed by atoms with van der Waals surface area (Å²) < 4.78 is 14.0. The number of benzene rings is 11. The van der Waals surface area contributed by atoms with Gasteiger partial charge in [0.15, 0.2) is 0 Å². The van der Waals surface area contributed by atoms with E-state index in [2.05, 4.69) is 270 Å². The first-order valence-electron chi connectivity index (χ1n) is 26.6. The van der Waals surface area contributed by atoms with Crippen molar-refractivity contribution in [2.24, 2.45) is 0 Å². The van der Waals surface area contributed by atoms with Gasteiger partial charge in [0.1, 0.15) is 22.3 Å². The Kier molecular flexibility index (Phi) is 9.57. The Morgan fingerprint density at radius 2 is 0.697 bits per heavy atom. The molecule has 3 heteroatoms. The van der Waals surface area contributed by atoms with Crippen molar-refractivity contribution in [2.45, 2.75) is 45.4 Å². The maximum absolute atomic E-state index is 6.98. The summed E-state index contributed by atoms with van der Waals surface area (Å²) in [6.45, 7) is 11.8. The van der Waals surface area contributed by atoms with E-state index in [-0.39, 0.29) is 10.8 Å². The first-order chi connectivity index (χ1) is 37.1. The third kappa shape index (κ3) is 6.42. The van der Waals surface area contributed by atoms with Crippen LogP contribution in [0.3, 0.4) is 0 Å². The van der Waals surface area contributed by atoms with Crippen LogP contribution in [0.1, 0.15) is 55.5 Å². The van der Waals surface area contributed by atoms with Gasteiger partial charge in [-0.15, -0.1) is 0 Å². The summed E-state index contributed by atoms with van der Waals surface area (Å²) >= 11 is 0. The maximum atomic E-state index is 6.98. The van der Waals surface area contributed by atoms with E-state index in [1.54, 1.807) is 0 Å². The Labute approximate surface area is 443 Å². The first-order valence-corrected chi connectivity index (χ1v) is 26.6. The van der Waals surface area contributed by atoms with Crippen LogP contribution in [0, 0.1) is 6.92 Å². The van der Waals surface area contributed by atoms with E-state index >= 15 is 0 Å². The van der Waals surface area contributed by atoms with E-state index in [0.29, 0.717) is 0 Å². The molecule has 0 saturated carbocycles. The maximum Gasteiger partial charge on any atom is 0.143 e. The lowest BCUT2D eigenvalue weighted by Crippen LogP contribution is -2.18. The van der Waals surface area contributed by atoms with Gasteiger partial charge in [0.2, 0.25) is 0 Å². The molecule has 362 valence electrons. The molecule has 0 unspecified atom stereocenters. The summed E-state index contributed by atoms with van der Waals surface area (Å²) in [5.41, 5.74) is 27.0. The van der Waals surface area contributed by atoms with Gasteiger partial charge in [-0.05, 0) is 145 Å². The van der Waals surface area contributed by atoms with Crippen LogP contribution in [0.5, 0.6) is 0 Å². The molecule has 15 rings (SSSR count). The van der Waals surface area contributed by atoms with Gasteiger partial charge in [0, 0.05) is 60.6 Å². The predicted molar refractivity (Wildman–Crippen MR) is 317 cm³/mol. The van der Waals surface area contributed by atoms with Crippen LogP contribution >= 0.6 is 0 Å². The van der Waals surface area contributed by atoms with Gasteiger partial charge in [0.05, 0.1) is 0 Å². The highest BCUT2D eigenvalue weighted by atomic mass is 16.3. The second-order valence-corrected chi connectivity index (χ2v) is 22.0. The number of hydrogen-bond acceptors (Lipinski definition) is 3. The normalized spacial score (nSPS) is 13.8. The van der Waals surface area contributed by atoms with E-state index in [0.717, 1.165) is 72.4 Å². The molecule has 2 aromatic heterocycles. The average molecular weight is 976 g/mol. The number of rotatable bonds is 7. The summed E-state index contributed by atoms with van der Waals surface area (Å²) in [7, 11) is 0. The second-order valence-electron chi connectivity index (χ2n) is 22.0. The van der Waals surface area contributed by atoms with Crippen molar-refractivity contribution < 1.29 is 8.83 Å². The van der Waals surface area contributed by atoms with Gasteiger partial charge in [0.25, 0.3) is 0 Å². The molecular formula is C73H53NO2. The van der Waals surface area contributed by atoms with Crippen molar-refractivity contribution in [3.05, 3.63) is 258 Å². The van der Waals surface area contributed by atoms with Crippen molar-refractivity contribution in [2.75, 3.05) is 4.90 Å². The molecule has 2 aliphatic carbocycles. The van der Waals surface area contributed by atoms with Crippen LogP contribution in [0.25, 0.3) is 111 Å². The lowest BCUT2D eigenvalue weighted by molar-refractivity contribution is 0.657. The summed E-state index contributed by atoms with van der Waals surface area (Å²) in [5, 5.41) is 4.62. The number of aryl methyl sites for hydroxylation is 1. The van der Waals surface area contributed by atoms with E-state index in [1.807, 2.05) is 0 Å². The Bertz CT molecular complexity index is 4240. The molecule has 2 heterocycles. The summed E-state index contributed by atoms with van der Waals surface area (Å²) in [5.74, 6) is 0. The largest absolute Gasteiger partial charge is 0.455 e. The molecule has 2 aliphatic rings. The lowest BCUT2D eigenvalue weighted by Gasteiger charge is -2.30. The minimum Gasteiger partial charge on any atom is -0.455 e. The fourth-order valence-corrected chi connectivity index (χ4v) is 13.2. The molecule has 3 nitrogen and oxygen atoms in total. The van der Waals surface area contributed by atoms with Crippen LogP contribution in [-0.4, -0.2) is 0 Å². The minimum atomic E-state index is -0.347. The van der Waals surface area contributed by atoms with Gasteiger partial charge >= 0.3 is 0 Å². The first kappa shape index (κ1) is 44.3. The Hall–Kier alpha value is -9.18. The fourth-order valence-electron chi connectivity index (χ4n) is 13.2. The number of para-hydroxylation sites is 2. The SMILES string of the molecule is Cc1ccc(N(c2ccc3c(c2)C(C)(C)c2cc(-c4ccccc4-c4ccccc4)c4oc5ccccc5c4c2-3)c2ccc3c(c2)C(C)(C)c2cc(-c4ccccc4-c4ccccc4)c4oc5ccccc5c4c2-3)cc1.